The van der Waals surface area contributed by atoms with Gasteiger partial charge in [-0.2, -0.15) is 0 Å². The summed E-state index contributed by atoms with van der Waals surface area (Å²) in [7, 11) is 0. The summed E-state index contributed by atoms with van der Waals surface area (Å²) < 4.78 is 25.9. The van der Waals surface area contributed by atoms with Crippen molar-refractivity contribution < 1.29 is 13.6 Å². The molecule has 0 aliphatic carbocycles. The first-order valence-electron chi connectivity index (χ1n) is 4.13. The molecule has 1 aromatic carbocycles. The predicted octanol–water partition coefficient (Wildman–Crippen LogP) is 3.24. The first-order valence-corrected chi connectivity index (χ1v) is 4.92. The van der Waals surface area contributed by atoms with Crippen molar-refractivity contribution >= 4 is 27.5 Å². The molecule has 0 fully saturated rings. The van der Waals surface area contributed by atoms with Crippen molar-refractivity contribution in [2.45, 2.75) is 6.92 Å². The molecule has 1 rings (SSSR count). The Balaban J connectivity index is 2.97. The van der Waals surface area contributed by atoms with Gasteiger partial charge < -0.3 is 5.32 Å². The average Bonchev–Trinajstić information content (AvgIpc) is 2.20. The van der Waals surface area contributed by atoms with Gasteiger partial charge in [0.25, 0.3) is 0 Å². The molecule has 0 unspecified atom stereocenters. The molecule has 0 atom stereocenters. The molecule has 0 aromatic heterocycles. The summed E-state index contributed by atoms with van der Waals surface area (Å²) in [6, 6.07) is 2.23. The zero-order valence-corrected chi connectivity index (χ0v) is 9.44. The van der Waals surface area contributed by atoms with E-state index in [0.717, 1.165) is 12.1 Å². The number of hydrogen-bond donors (Lipinski definition) is 1. The standard InChI is InChI=1S/C10H8BrF2NO/c1-2-3-8(15)14-7-5-4-6(12)9(11)10(7)13/h2-5H,1H3,(H,14,15)/b3-2+. The quantitative estimate of drug-likeness (QED) is 0.652. The average molecular weight is 276 g/mol. The highest BCUT2D eigenvalue weighted by molar-refractivity contribution is 9.10. The van der Waals surface area contributed by atoms with Crippen LogP contribution in [-0.4, -0.2) is 5.91 Å². The Hall–Kier alpha value is -1.23. The number of rotatable bonds is 2. The molecule has 0 heterocycles. The molecule has 1 N–H and O–H groups in total. The molecule has 0 saturated heterocycles. The van der Waals surface area contributed by atoms with Gasteiger partial charge in [0.1, 0.15) is 5.82 Å². The van der Waals surface area contributed by atoms with Gasteiger partial charge in [0.05, 0.1) is 10.2 Å². The van der Waals surface area contributed by atoms with Gasteiger partial charge in [0.2, 0.25) is 5.91 Å². The minimum Gasteiger partial charge on any atom is -0.320 e. The number of hydrogen-bond acceptors (Lipinski definition) is 1. The molecule has 1 aromatic rings. The Kier molecular flexibility index (Phi) is 3.96. The SMILES string of the molecule is C/C=C/C(=O)Nc1ccc(F)c(Br)c1F. The predicted molar refractivity (Wildman–Crippen MR) is 57.5 cm³/mol. The van der Waals surface area contributed by atoms with E-state index in [1.165, 1.54) is 12.2 Å². The lowest BCUT2D eigenvalue weighted by Crippen LogP contribution is -2.09. The third-order valence-corrected chi connectivity index (χ3v) is 2.34. The Morgan fingerprint density at radius 2 is 2.13 bits per heavy atom. The van der Waals surface area contributed by atoms with Gasteiger partial charge in [-0.05, 0) is 41.1 Å². The molecule has 15 heavy (non-hydrogen) atoms. The molecular formula is C10H8BrF2NO. The van der Waals surface area contributed by atoms with Crippen molar-refractivity contribution in [3.8, 4) is 0 Å². The van der Waals surface area contributed by atoms with Crippen LogP contribution in [0.2, 0.25) is 0 Å². The smallest absolute Gasteiger partial charge is 0.248 e. The highest BCUT2D eigenvalue weighted by Gasteiger charge is 2.11. The van der Waals surface area contributed by atoms with E-state index in [0.29, 0.717) is 0 Å². The fourth-order valence-electron chi connectivity index (χ4n) is 0.948. The van der Waals surface area contributed by atoms with Gasteiger partial charge in [-0.15, -0.1) is 0 Å². The molecule has 0 bridgehead atoms. The minimum atomic E-state index is -0.826. The van der Waals surface area contributed by atoms with Crippen LogP contribution in [0.1, 0.15) is 6.92 Å². The Labute approximate surface area is 94.1 Å². The molecular weight excluding hydrogens is 268 g/mol. The third kappa shape index (κ3) is 2.86. The van der Waals surface area contributed by atoms with E-state index in [1.54, 1.807) is 6.92 Å². The van der Waals surface area contributed by atoms with Crippen LogP contribution < -0.4 is 5.32 Å². The van der Waals surface area contributed by atoms with E-state index in [2.05, 4.69) is 21.2 Å². The van der Waals surface area contributed by atoms with Gasteiger partial charge in [0, 0.05) is 0 Å². The van der Waals surface area contributed by atoms with Gasteiger partial charge in [-0.3, -0.25) is 4.79 Å². The zero-order valence-electron chi connectivity index (χ0n) is 7.85. The highest BCUT2D eigenvalue weighted by atomic mass is 79.9. The Morgan fingerprint density at radius 3 is 2.73 bits per heavy atom. The normalized spacial score (nSPS) is 10.7. The number of carbonyl (C=O) groups excluding carboxylic acids is 1. The van der Waals surface area contributed by atoms with E-state index in [1.807, 2.05) is 0 Å². The van der Waals surface area contributed by atoms with E-state index in [4.69, 9.17) is 0 Å². The van der Waals surface area contributed by atoms with Gasteiger partial charge in [-0.25, -0.2) is 8.78 Å². The molecule has 0 aliphatic heterocycles. The van der Waals surface area contributed by atoms with E-state index in [9.17, 15) is 13.6 Å². The molecule has 5 heteroatoms. The number of amides is 1. The largest absolute Gasteiger partial charge is 0.320 e. The van der Waals surface area contributed by atoms with Crippen molar-refractivity contribution in [2.75, 3.05) is 5.32 Å². The summed E-state index contributed by atoms with van der Waals surface area (Å²) >= 11 is 2.74. The Morgan fingerprint density at radius 1 is 1.47 bits per heavy atom. The minimum absolute atomic E-state index is 0.0635. The second kappa shape index (κ2) is 5.02. The van der Waals surface area contributed by atoms with E-state index < -0.39 is 17.5 Å². The van der Waals surface area contributed by atoms with Crippen LogP contribution in [-0.2, 0) is 4.79 Å². The van der Waals surface area contributed by atoms with Crippen LogP contribution in [0.25, 0.3) is 0 Å². The second-order valence-corrected chi connectivity index (χ2v) is 3.51. The molecule has 0 spiro atoms. The first kappa shape index (κ1) is 11.8. The molecule has 0 saturated carbocycles. The summed E-state index contributed by atoms with van der Waals surface area (Å²) in [6.07, 6.45) is 2.77. The van der Waals surface area contributed by atoms with Crippen LogP contribution in [0.5, 0.6) is 0 Å². The number of halogens is 3. The third-order valence-electron chi connectivity index (χ3n) is 1.61. The van der Waals surface area contributed by atoms with Crippen molar-refractivity contribution in [2.24, 2.45) is 0 Å². The van der Waals surface area contributed by atoms with Crippen LogP contribution in [0.3, 0.4) is 0 Å². The number of benzene rings is 1. The van der Waals surface area contributed by atoms with Gasteiger partial charge >= 0.3 is 0 Å². The van der Waals surface area contributed by atoms with Gasteiger partial charge in [0.15, 0.2) is 5.82 Å². The molecule has 0 radical (unpaired) electrons. The lowest BCUT2D eigenvalue weighted by molar-refractivity contribution is -0.111. The lowest BCUT2D eigenvalue weighted by atomic mass is 10.3. The van der Waals surface area contributed by atoms with Crippen molar-refractivity contribution in [3.63, 3.8) is 0 Å². The number of carbonyl (C=O) groups is 1. The molecule has 0 aliphatic rings. The number of anilines is 1. The lowest BCUT2D eigenvalue weighted by Gasteiger charge is -2.05. The summed E-state index contributed by atoms with van der Waals surface area (Å²) in [6.45, 7) is 1.66. The van der Waals surface area contributed by atoms with E-state index in [-0.39, 0.29) is 10.2 Å². The van der Waals surface area contributed by atoms with Crippen molar-refractivity contribution in [1.29, 1.82) is 0 Å². The number of nitrogens with one attached hydrogen (secondary N) is 1. The van der Waals surface area contributed by atoms with Crippen LogP contribution >= 0.6 is 15.9 Å². The van der Waals surface area contributed by atoms with Crippen molar-refractivity contribution in [3.05, 3.63) is 40.4 Å². The Bertz CT molecular complexity index is 418. The summed E-state index contributed by atoms with van der Waals surface area (Å²) in [5.41, 5.74) is -0.0635. The maximum absolute atomic E-state index is 13.3. The first-order chi connectivity index (χ1) is 7.06. The monoisotopic (exact) mass is 275 g/mol. The van der Waals surface area contributed by atoms with E-state index >= 15 is 0 Å². The summed E-state index contributed by atoms with van der Waals surface area (Å²) in [4.78, 5) is 11.1. The summed E-state index contributed by atoms with van der Waals surface area (Å²) in [5.74, 6) is -2.00. The molecule has 1 amide bonds. The van der Waals surface area contributed by atoms with Crippen LogP contribution in [0.15, 0.2) is 28.8 Å². The molecule has 80 valence electrons. The fraction of sp³-hybridized carbons (Fsp3) is 0.100. The zero-order chi connectivity index (χ0) is 11.4. The van der Waals surface area contributed by atoms with Crippen LogP contribution in [0.4, 0.5) is 14.5 Å². The second-order valence-electron chi connectivity index (χ2n) is 2.71. The van der Waals surface area contributed by atoms with Crippen LogP contribution in [0, 0.1) is 11.6 Å². The topological polar surface area (TPSA) is 29.1 Å². The fourth-order valence-corrected chi connectivity index (χ4v) is 1.29. The number of allylic oxidation sites excluding steroid dienone is 1. The summed E-state index contributed by atoms with van der Waals surface area (Å²) in [5, 5.41) is 2.28. The maximum atomic E-state index is 13.3. The van der Waals surface area contributed by atoms with Crippen molar-refractivity contribution in [1.82, 2.24) is 0 Å². The highest BCUT2D eigenvalue weighted by Crippen LogP contribution is 2.25. The molecule has 2 nitrogen and oxygen atoms in total. The van der Waals surface area contributed by atoms with Gasteiger partial charge in [-0.1, -0.05) is 6.08 Å². The maximum Gasteiger partial charge on any atom is 0.248 e.